The summed E-state index contributed by atoms with van der Waals surface area (Å²) in [5, 5.41) is 2.51. The second-order valence-corrected chi connectivity index (χ2v) is 4.26. The zero-order valence-electron chi connectivity index (χ0n) is 11.0. The van der Waals surface area contributed by atoms with E-state index in [1.54, 1.807) is 0 Å². The minimum Gasteiger partial charge on any atom is -0.481 e. The summed E-state index contributed by atoms with van der Waals surface area (Å²) in [7, 11) is 0. The van der Waals surface area contributed by atoms with Gasteiger partial charge in [0.1, 0.15) is 12.4 Å². The molecule has 0 radical (unpaired) electrons. The molecule has 114 valence electrons. The van der Waals surface area contributed by atoms with Crippen molar-refractivity contribution in [1.29, 1.82) is 0 Å². The van der Waals surface area contributed by atoms with E-state index >= 15 is 0 Å². The van der Waals surface area contributed by atoms with Crippen molar-refractivity contribution >= 4 is 17.5 Å². The lowest BCUT2D eigenvalue weighted by Crippen LogP contribution is -2.23. The SMILES string of the molecule is O=C(CCCl)NCC#CCOc1cccc(C(F)(F)F)c1. The molecule has 0 aromatic heterocycles. The lowest BCUT2D eigenvalue weighted by molar-refractivity contribution is -0.137. The number of alkyl halides is 4. The smallest absolute Gasteiger partial charge is 0.416 e. The van der Waals surface area contributed by atoms with Gasteiger partial charge in [-0.25, -0.2) is 0 Å². The van der Waals surface area contributed by atoms with E-state index in [1.807, 2.05) is 0 Å². The molecule has 3 nitrogen and oxygen atoms in total. The van der Waals surface area contributed by atoms with Crippen LogP contribution in [-0.2, 0) is 11.0 Å². The molecule has 7 heteroatoms. The summed E-state index contributed by atoms with van der Waals surface area (Å²) in [6, 6.07) is 4.55. The third-order valence-electron chi connectivity index (χ3n) is 2.29. The number of ether oxygens (including phenoxy) is 1. The lowest BCUT2D eigenvalue weighted by Gasteiger charge is -2.08. The summed E-state index contributed by atoms with van der Waals surface area (Å²) in [4.78, 5) is 11.0. The van der Waals surface area contributed by atoms with Crippen LogP contribution in [0.2, 0.25) is 0 Å². The largest absolute Gasteiger partial charge is 0.481 e. The van der Waals surface area contributed by atoms with E-state index in [1.165, 1.54) is 12.1 Å². The lowest BCUT2D eigenvalue weighted by atomic mass is 10.2. The predicted octanol–water partition coefficient (Wildman–Crippen LogP) is 2.83. The van der Waals surface area contributed by atoms with Crippen molar-refractivity contribution in [2.45, 2.75) is 12.6 Å². The Morgan fingerprint density at radius 1 is 1.33 bits per heavy atom. The third kappa shape index (κ3) is 6.91. The molecule has 0 unspecified atom stereocenters. The fourth-order valence-electron chi connectivity index (χ4n) is 1.31. The number of rotatable bonds is 5. The molecule has 1 aromatic carbocycles. The van der Waals surface area contributed by atoms with E-state index in [2.05, 4.69) is 17.2 Å². The second-order valence-electron chi connectivity index (χ2n) is 3.88. The average molecular weight is 320 g/mol. The zero-order chi connectivity index (χ0) is 15.7. The minimum atomic E-state index is -4.41. The molecule has 0 spiro atoms. The normalized spacial score (nSPS) is 10.5. The Morgan fingerprint density at radius 3 is 2.76 bits per heavy atom. The standard InChI is InChI=1S/C14H13ClF3NO2/c15-7-6-13(20)19-8-1-2-9-21-12-5-3-4-11(10-12)14(16,17)18/h3-5,10H,6-9H2,(H,19,20). The molecule has 1 N–H and O–H groups in total. The van der Waals surface area contributed by atoms with Crippen molar-refractivity contribution in [3.05, 3.63) is 29.8 Å². The Morgan fingerprint density at radius 2 is 2.10 bits per heavy atom. The van der Waals surface area contributed by atoms with Gasteiger partial charge in [0.25, 0.3) is 0 Å². The van der Waals surface area contributed by atoms with Crippen LogP contribution < -0.4 is 10.1 Å². The Kier molecular flexibility index (Phi) is 6.89. The first kappa shape index (κ1) is 17.2. The molecule has 0 heterocycles. The molecule has 21 heavy (non-hydrogen) atoms. The van der Waals surface area contributed by atoms with Crippen molar-refractivity contribution in [2.24, 2.45) is 0 Å². The van der Waals surface area contributed by atoms with Crippen LogP contribution in [0.4, 0.5) is 13.2 Å². The highest BCUT2D eigenvalue weighted by Gasteiger charge is 2.30. The second kappa shape index (κ2) is 8.42. The number of hydrogen-bond acceptors (Lipinski definition) is 2. The fourth-order valence-corrected chi connectivity index (χ4v) is 1.48. The number of nitrogens with one attached hydrogen (secondary N) is 1. The summed E-state index contributed by atoms with van der Waals surface area (Å²) in [5.74, 6) is 5.32. The van der Waals surface area contributed by atoms with Gasteiger partial charge in [0.15, 0.2) is 0 Å². The van der Waals surface area contributed by atoms with Crippen molar-refractivity contribution in [3.8, 4) is 17.6 Å². The maximum absolute atomic E-state index is 12.5. The Labute approximate surface area is 125 Å². The van der Waals surface area contributed by atoms with Crippen LogP contribution in [0.15, 0.2) is 24.3 Å². The number of hydrogen-bond donors (Lipinski definition) is 1. The van der Waals surface area contributed by atoms with E-state index in [4.69, 9.17) is 16.3 Å². The molecule has 0 aliphatic heterocycles. The topological polar surface area (TPSA) is 38.3 Å². The molecule has 0 aliphatic rings. The summed E-state index contributed by atoms with van der Waals surface area (Å²) >= 11 is 5.37. The first-order valence-corrected chi connectivity index (χ1v) is 6.55. The molecule has 0 fully saturated rings. The maximum Gasteiger partial charge on any atom is 0.416 e. The summed E-state index contributed by atoms with van der Waals surface area (Å²) in [6.45, 7) is 0.0777. The molecule has 0 bridgehead atoms. The molecule has 1 amide bonds. The van der Waals surface area contributed by atoms with Crippen molar-refractivity contribution in [2.75, 3.05) is 19.0 Å². The Balaban J connectivity index is 2.38. The summed E-state index contributed by atoms with van der Waals surface area (Å²) in [6.07, 6.45) is -4.19. The first-order valence-electron chi connectivity index (χ1n) is 6.02. The molecular formula is C14H13ClF3NO2. The number of amides is 1. The van der Waals surface area contributed by atoms with E-state index < -0.39 is 11.7 Å². The molecule has 0 atom stereocenters. The van der Waals surface area contributed by atoms with Gasteiger partial charge in [-0.3, -0.25) is 4.79 Å². The summed E-state index contributed by atoms with van der Waals surface area (Å²) in [5.41, 5.74) is -0.777. The first-order chi connectivity index (χ1) is 9.93. The molecular weight excluding hydrogens is 307 g/mol. The van der Waals surface area contributed by atoms with Crippen LogP contribution in [-0.4, -0.2) is 24.9 Å². The average Bonchev–Trinajstić information content (AvgIpc) is 2.42. The predicted molar refractivity (Wildman–Crippen MR) is 73.1 cm³/mol. The minimum absolute atomic E-state index is 0.0628. The van der Waals surface area contributed by atoms with E-state index in [9.17, 15) is 18.0 Å². The van der Waals surface area contributed by atoms with Crippen LogP contribution in [0.5, 0.6) is 5.75 Å². The number of carbonyl (C=O) groups is 1. The summed E-state index contributed by atoms with van der Waals surface area (Å²) < 4.78 is 42.5. The molecule has 0 saturated heterocycles. The van der Waals surface area contributed by atoms with Gasteiger partial charge in [-0.1, -0.05) is 17.9 Å². The quantitative estimate of drug-likeness (QED) is 0.669. The molecule has 0 aliphatic carbocycles. The molecule has 1 rings (SSSR count). The van der Waals surface area contributed by atoms with Gasteiger partial charge in [-0.15, -0.1) is 11.6 Å². The fraction of sp³-hybridized carbons (Fsp3) is 0.357. The highest BCUT2D eigenvalue weighted by Crippen LogP contribution is 2.31. The highest BCUT2D eigenvalue weighted by atomic mass is 35.5. The van der Waals surface area contributed by atoms with Gasteiger partial charge < -0.3 is 10.1 Å². The van der Waals surface area contributed by atoms with Crippen LogP contribution >= 0.6 is 11.6 Å². The maximum atomic E-state index is 12.5. The van der Waals surface area contributed by atoms with Crippen LogP contribution in [0.25, 0.3) is 0 Å². The third-order valence-corrected chi connectivity index (χ3v) is 2.48. The van der Waals surface area contributed by atoms with Crippen LogP contribution in [0.1, 0.15) is 12.0 Å². The monoisotopic (exact) mass is 319 g/mol. The number of halogens is 4. The van der Waals surface area contributed by atoms with E-state index in [0.29, 0.717) is 0 Å². The van der Waals surface area contributed by atoms with Gasteiger partial charge in [0, 0.05) is 12.3 Å². The van der Waals surface area contributed by atoms with Gasteiger partial charge >= 0.3 is 6.18 Å². The number of benzene rings is 1. The Hall–Kier alpha value is -1.87. The zero-order valence-corrected chi connectivity index (χ0v) is 11.7. The van der Waals surface area contributed by atoms with Crippen molar-refractivity contribution in [1.82, 2.24) is 5.32 Å². The van der Waals surface area contributed by atoms with E-state index in [0.717, 1.165) is 12.1 Å². The Bertz CT molecular complexity index is 535. The van der Waals surface area contributed by atoms with Crippen molar-refractivity contribution < 1.29 is 22.7 Å². The van der Waals surface area contributed by atoms with E-state index in [-0.39, 0.29) is 37.1 Å². The van der Waals surface area contributed by atoms with Gasteiger partial charge in [0.05, 0.1) is 12.1 Å². The highest BCUT2D eigenvalue weighted by molar-refractivity contribution is 6.18. The molecule has 1 aromatic rings. The molecule has 0 saturated carbocycles. The van der Waals surface area contributed by atoms with Gasteiger partial charge in [-0.2, -0.15) is 13.2 Å². The van der Waals surface area contributed by atoms with Gasteiger partial charge in [0.2, 0.25) is 5.91 Å². The van der Waals surface area contributed by atoms with Gasteiger partial charge in [-0.05, 0) is 18.2 Å². The number of carbonyl (C=O) groups excluding carboxylic acids is 1. The van der Waals surface area contributed by atoms with Crippen molar-refractivity contribution in [3.63, 3.8) is 0 Å². The van der Waals surface area contributed by atoms with Crippen LogP contribution in [0, 0.1) is 11.8 Å². The van der Waals surface area contributed by atoms with Crippen LogP contribution in [0.3, 0.4) is 0 Å².